The van der Waals surface area contributed by atoms with Gasteiger partial charge in [0.05, 0.1) is 18.4 Å². The molecule has 11 heteroatoms. The summed E-state index contributed by atoms with van der Waals surface area (Å²) in [6, 6.07) is 3.29. The average molecular weight is 436 g/mol. The van der Waals surface area contributed by atoms with Crippen LogP contribution in [0.3, 0.4) is 0 Å². The number of rotatable bonds is 4. The summed E-state index contributed by atoms with van der Waals surface area (Å²) in [5.41, 5.74) is 0. The van der Waals surface area contributed by atoms with Gasteiger partial charge in [-0.1, -0.05) is 0 Å². The fraction of sp³-hybridized carbons (Fsp3) is 0.526. The number of hydrogen-bond donors (Lipinski definition) is 0. The Bertz CT molecular complexity index is 1010. The first kappa shape index (κ1) is 20.6. The summed E-state index contributed by atoms with van der Waals surface area (Å²) in [5.74, 6) is -0.319. The van der Waals surface area contributed by atoms with Crippen molar-refractivity contribution in [1.82, 2.24) is 23.9 Å². The number of aryl methyl sites for hydroxylation is 1. The summed E-state index contributed by atoms with van der Waals surface area (Å²) >= 11 is 0. The van der Waals surface area contributed by atoms with Crippen LogP contribution in [0.2, 0.25) is 0 Å². The molecule has 0 aromatic carbocycles. The van der Waals surface area contributed by atoms with Gasteiger partial charge in [-0.3, -0.25) is 14.3 Å². The Morgan fingerprint density at radius 2 is 1.87 bits per heavy atom. The molecule has 2 amide bonds. The lowest BCUT2D eigenvalue weighted by Gasteiger charge is -2.38. The molecule has 30 heavy (non-hydrogen) atoms. The van der Waals surface area contributed by atoms with E-state index in [1.54, 1.807) is 29.0 Å². The number of aromatic nitrogens is 2. The van der Waals surface area contributed by atoms with E-state index in [0.29, 0.717) is 51.3 Å². The van der Waals surface area contributed by atoms with E-state index in [4.69, 9.17) is 4.42 Å². The van der Waals surface area contributed by atoms with E-state index in [1.807, 2.05) is 0 Å². The minimum Gasteiger partial charge on any atom is -0.459 e. The number of carbonyl (C=O) groups excluding carboxylic acids is 2. The van der Waals surface area contributed by atoms with E-state index in [9.17, 15) is 18.0 Å². The van der Waals surface area contributed by atoms with Crippen molar-refractivity contribution in [2.75, 3.05) is 39.3 Å². The molecule has 1 unspecified atom stereocenters. The second-order valence-corrected chi connectivity index (χ2v) is 9.58. The number of hydrogen-bond acceptors (Lipinski definition) is 6. The molecule has 2 aliphatic heterocycles. The summed E-state index contributed by atoms with van der Waals surface area (Å²) in [7, 11) is -2.00. The number of piperazine rings is 1. The minimum atomic E-state index is -3.67. The molecule has 0 saturated carbocycles. The molecule has 0 bridgehead atoms. The quantitative estimate of drug-likeness (QED) is 0.688. The van der Waals surface area contributed by atoms with Gasteiger partial charge in [-0.25, -0.2) is 8.42 Å². The van der Waals surface area contributed by atoms with Crippen LogP contribution in [0.15, 0.2) is 40.1 Å². The monoisotopic (exact) mass is 435 g/mol. The van der Waals surface area contributed by atoms with E-state index in [0.717, 1.165) is 0 Å². The van der Waals surface area contributed by atoms with Gasteiger partial charge in [-0.15, -0.1) is 0 Å². The van der Waals surface area contributed by atoms with Crippen LogP contribution in [-0.4, -0.2) is 83.4 Å². The fourth-order valence-corrected chi connectivity index (χ4v) is 5.50. The first-order chi connectivity index (χ1) is 14.4. The third kappa shape index (κ3) is 3.99. The molecule has 2 aliphatic rings. The van der Waals surface area contributed by atoms with Gasteiger partial charge in [0, 0.05) is 52.5 Å². The van der Waals surface area contributed by atoms with Crippen molar-refractivity contribution in [2.45, 2.75) is 17.7 Å². The fourth-order valence-electron chi connectivity index (χ4n) is 3.99. The van der Waals surface area contributed by atoms with E-state index in [2.05, 4.69) is 5.10 Å². The third-order valence-corrected chi connectivity index (χ3v) is 7.48. The van der Waals surface area contributed by atoms with Crippen LogP contribution in [0.1, 0.15) is 23.4 Å². The molecule has 0 radical (unpaired) electrons. The Balaban J connectivity index is 1.36. The first-order valence-electron chi connectivity index (χ1n) is 9.96. The summed E-state index contributed by atoms with van der Waals surface area (Å²) < 4.78 is 33.7. The smallest absolute Gasteiger partial charge is 0.289 e. The predicted molar refractivity (Wildman–Crippen MR) is 106 cm³/mol. The van der Waals surface area contributed by atoms with Gasteiger partial charge in [0.2, 0.25) is 15.9 Å². The second-order valence-electron chi connectivity index (χ2n) is 7.65. The number of nitrogens with zero attached hydrogens (tertiary/aromatic N) is 5. The van der Waals surface area contributed by atoms with Gasteiger partial charge >= 0.3 is 0 Å². The zero-order valence-corrected chi connectivity index (χ0v) is 17.6. The highest BCUT2D eigenvalue weighted by Gasteiger charge is 2.36. The van der Waals surface area contributed by atoms with Crippen LogP contribution in [0.25, 0.3) is 0 Å². The Kier molecular flexibility index (Phi) is 5.65. The topological polar surface area (TPSA) is 109 Å². The molecule has 0 aliphatic carbocycles. The molecule has 10 nitrogen and oxygen atoms in total. The zero-order chi connectivity index (χ0) is 21.3. The van der Waals surface area contributed by atoms with Gasteiger partial charge in [-0.2, -0.15) is 9.40 Å². The SMILES string of the molecule is Cn1cc(S(=O)(=O)N2CCCC(C(=O)N3CCN(C(=O)c4ccco4)CC3)C2)cn1. The van der Waals surface area contributed by atoms with Crippen LogP contribution in [0.5, 0.6) is 0 Å². The Hall–Kier alpha value is -2.66. The van der Waals surface area contributed by atoms with Crippen LogP contribution in [0, 0.1) is 5.92 Å². The first-order valence-corrected chi connectivity index (χ1v) is 11.4. The maximum atomic E-state index is 13.0. The summed E-state index contributed by atoms with van der Waals surface area (Å²) in [4.78, 5) is 29.0. The molecular weight excluding hydrogens is 410 g/mol. The van der Waals surface area contributed by atoms with Crippen molar-refractivity contribution in [3.8, 4) is 0 Å². The van der Waals surface area contributed by atoms with E-state index >= 15 is 0 Å². The van der Waals surface area contributed by atoms with Gasteiger partial charge in [0.25, 0.3) is 5.91 Å². The Morgan fingerprint density at radius 1 is 1.13 bits per heavy atom. The lowest BCUT2D eigenvalue weighted by atomic mass is 9.97. The van der Waals surface area contributed by atoms with Crippen LogP contribution in [0.4, 0.5) is 0 Å². The molecule has 0 N–H and O–H groups in total. The van der Waals surface area contributed by atoms with E-state index in [1.165, 1.54) is 27.6 Å². The average Bonchev–Trinajstić information content (AvgIpc) is 3.45. The summed E-state index contributed by atoms with van der Waals surface area (Å²) in [6.45, 7) is 2.27. The van der Waals surface area contributed by atoms with Crippen LogP contribution >= 0.6 is 0 Å². The molecule has 4 heterocycles. The number of carbonyl (C=O) groups is 2. The van der Waals surface area contributed by atoms with Crippen molar-refractivity contribution in [3.63, 3.8) is 0 Å². The van der Waals surface area contributed by atoms with Crippen LogP contribution < -0.4 is 0 Å². The van der Waals surface area contributed by atoms with Crippen molar-refractivity contribution in [1.29, 1.82) is 0 Å². The number of piperidine rings is 1. The molecule has 2 fully saturated rings. The number of sulfonamides is 1. The molecule has 1 atom stereocenters. The molecule has 2 aromatic heterocycles. The van der Waals surface area contributed by atoms with Gasteiger partial charge < -0.3 is 14.2 Å². The highest BCUT2D eigenvalue weighted by molar-refractivity contribution is 7.89. The largest absolute Gasteiger partial charge is 0.459 e. The van der Waals surface area contributed by atoms with Crippen molar-refractivity contribution in [3.05, 3.63) is 36.5 Å². The molecule has 0 spiro atoms. The number of furan rings is 1. The molecule has 2 aromatic rings. The number of amides is 2. The molecule has 162 valence electrons. The standard InChI is InChI=1S/C19H25N5O5S/c1-21-14-16(12-20-21)30(27,28)24-6-2-4-15(13-24)18(25)22-7-9-23(10-8-22)19(26)17-5-3-11-29-17/h3,5,11-12,14-15H,2,4,6-10,13H2,1H3. The second kappa shape index (κ2) is 8.23. The molecule has 2 saturated heterocycles. The predicted octanol–water partition coefficient (Wildman–Crippen LogP) is 0.398. The van der Waals surface area contributed by atoms with Crippen molar-refractivity contribution < 1.29 is 22.4 Å². The van der Waals surface area contributed by atoms with E-state index < -0.39 is 10.0 Å². The summed E-state index contributed by atoms with van der Waals surface area (Å²) in [5, 5.41) is 3.94. The highest BCUT2D eigenvalue weighted by Crippen LogP contribution is 2.25. The highest BCUT2D eigenvalue weighted by atomic mass is 32.2. The third-order valence-electron chi connectivity index (χ3n) is 5.66. The Labute approximate surface area is 175 Å². The minimum absolute atomic E-state index is 0.0498. The van der Waals surface area contributed by atoms with Gasteiger partial charge in [0.1, 0.15) is 4.90 Å². The lowest BCUT2D eigenvalue weighted by molar-refractivity contribution is -0.138. The van der Waals surface area contributed by atoms with Gasteiger partial charge in [-0.05, 0) is 25.0 Å². The lowest BCUT2D eigenvalue weighted by Crippen LogP contribution is -2.54. The molecule has 4 rings (SSSR count). The normalized spacial score (nSPS) is 21.0. The van der Waals surface area contributed by atoms with Crippen molar-refractivity contribution in [2.24, 2.45) is 13.0 Å². The van der Waals surface area contributed by atoms with Crippen LogP contribution in [-0.2, 0) is 21.9 Å². The maximum absolute atomic E-state index is 13.0. The molecular formula is C19H25N5O5S. The van der Waals surface area contributed by atoms with Crippen molar-refractivity contribution >= 4 is 21.8 Å². The zero-order valence-electron chi connectivity index (χ0n) is 16.8. The van der Waals surface area contributed by atoms with E-state index in [-0.39, 0.29) is 29.2 Å². The Morgan fingerprint density at radius 3 is 2.50 bits per heavy atom. The maximum Gasteiger partial charge on any atom is 0.289 e. The van der Waals surface area contributed by atoms with Gasteiger partial charge in [0.15, 0.2) is 5.76 Å². The summed E-state index contributed by atoms with van der Waals surface area (Å²) in [6.07, 6.45) is 5.55.